The summed E-state index contributed by atoms with van der Waals surface area (Å²) in [5.74, 6) is -0.0855. The molecule has 0 aliphatic rings. The van der Waals surface area contributed by atoms with Crippen molar-refractivity contribution in [2.75, 3.05) is 12.0 Å². The van der Waals surface area contributed by atoms with Crippen molar-refractivity contribution < 1.29 is 17.9 Å². The van der Waals surface area contributed by atoms with Crippen LogP contribution in [0.1, 0.15) is 12.6 Å². The number of ether oxygens (including phenoxy) is 1. The van der Waals surface area contributed by atoms with E-state index in [1.165, 1.54) is 23.6 Å². The monoisotopic (exact) mass is 392 g/mol. The molecule has 0 radical (unpaired) electrons. The molecular weight excluding hydrogens is 377 g/mol. The van der Waals surface area contributed by atoms with Gasteiger partial charge in [0.2, 0.25) is 5.88 Å². The third kappa shape index (κ3) is 5.52. The molecule has 0 bridgehead atoms. The van der Waals surface area contributed by atoms with Crippen molar-refractivity contribution in [2.24, 2.45) is 5.10 Å². The molecule has 0 atom stereocenters. The third-order valence-corrected chi connectivity index (χ3v) is 4.26. The summed E-state index contributed by atoms with van der Waals surface area (Å²) >= 11 is 1.40. The molecule has 0 aliphatic heterocycles. The SMILES string of the molecule is C/C(=N\Nc1ccccc1)c1csc(-c2ccc(OCC(F)(F)F)nc2)n1. The predicted molar refractivity (Wildman–Crippen MR) is 99.2 cm³/mol. The van der Waals surface area contributed by atoms with Crippen molar-refractivity contribution in [3.05, 3.63) is 59.7 Å². The Kier molecular flexibility index (Phi) is 5.70. The van der Waals surface area contributed by atoms with Gasteiger partial charge in [-0.3, -0.25) is 5.43 Å². The van der Waals surface area contributed by atoms with Crippen molar-refractivity contribution in [1.82, 2.24) is 9.97 Å². The second-order valence-corrected chi connectivity index (χ2v) is 6.36. The molecule has 27 heavy (non-hydrogen) atoms. The van der Waals surface area contributed by atoms with Gasteiger partial charge in [0, 0.05) is 23.2 Å². The van der Waals surface area contributed by atoms with E-state index in [4.69, 9.17) is 0 Å². The third-order valence-electron chi connectivity index (χ3n) is 3.37. The van der Waals surface area contributed by atoms with E-state index in [0.29, 0.717) is 22.0 Å². The van der Waals surface area contributed by atoms with E-state index in [1.54, 1.807) is 6.07 Å². The Morgan fingerprint density at radius 3 is 2.63 bits per heavy atom. The van der Waals surface area contributed by atoms with E-state index < -0.39 is 12.8 Å². The quantitative estimate of drug-likeness (QED) is 0.475. The maximum atomic E-state index is 12.2. The predicted octanol–water partition coefficient (Wildman–Crippen LogP) is 4.98. The zero-order valence-corrected chi connectivity index (χ0v) is 15.0. The molecule has 0 amide bonds. The maximum absolute atomic E-state index is 12.2. The van der Waals surface area contributed by atoms with Crippen molar-refractivity contribution >= 4 is 22.7 Å². The van der Waals surface area contributed by atoms with Crippen molar-refractivity contribution in [3.8, 4) is 16.5 Å². The topological polar surface area (TPSA) is 59.4 Å². The van der Waals surface area contributed by atoms with E-state index in [-0.39, 0.29) is 5.88 Å². The molecular formula is C18H15F3N4OS. The maximum Gasteiger partial charge on any atom is 0.422 e. The van der Waals surface area contributed by atoms with Gasteiger partial charge < -0.3 is 4.74 Å². The second kappa shape index (κ2) is 8.17. The van der Waals surface area contributed by atoms with Crippen LogP contribution in [-0.4, -0.2) is 28.5 Å². The van der Waals surface area contributed by atoms with Gasteiger partial charge in [0.15, 0.2) is 6.61 Å². The molecule has 0 saturated heterocycles. The number of nitrogens with one attached hydrogen (secondary N) is 1. The first-order valence-electron chi connectivity index (χ1n) is 7.88. The second-order valence-electron chi connectivity index (χ2n) is 5.50. The van der Waals surface area contributed by atoms with Gasteiger partial charge >= 0.3 is 6.18 Å². The Hall–Kier alpha value is -2.94. The van der Waals surface area contributed by atoms with Crippen LogP contribution >= 0.6 is 11.3 Å². The zero-order valence-electron chi connectivity index (χ0n) is 14.2. The van der Waals surface area contributed by atoms with E-state index in [1.807, 2.05) is 42.6 Å². The lowest BCUT2D eigenvalue weighted by Crippen LogP contribution is -2.19. The number of hydrogen-bond donors (Lipinski definition) is 1. The minimum absolute atomic E-state index is 0.0855. The highest BCUT2D eigenvalue weighted by Gasteiger charge is 2.28. The summed E-state index contributed by atoms with van der Waals surface area (Å²) in [4.78, 5) is 8.38. The smallest absolute Gasteiger partial charge is 0.422 e. The van der Waals surface area contributed by atoms with Gasteiger partial charge in [-0.2, -0.15) is 18.3 Å². The number of aromatic nitrogens is 2. The lowest BCUT2D eigenvalue weighted by atomic mass is 10.3. The van der Waals surface area contributed by atoms with Crippen LogP contribution in [0.15, 0.2) is 59.1 Å². The number of anilines is 1. The van der Waals surface area contributed by atoms with Crippen LogP contribution in [0.2, 0.25) is 0 Å². The Bertz CT molecular complexity index is 908. The van der Waals surface area contributed by atoms with Crippen LogP contribution in [-0.2, 0) is 0 Å². The summed E-state index contributed by atoms with van der Waals surface area (Å²) in [5.41, 5.74) is 5.93. The fourth-order valence-corrected chi connectivity index (χ4v) is 2.89. The Morgan fingerprint density at radius 1 is 1.19 bits per heavy atom. The van der Waals surface area contributed by atoms with Gasteiger partial charge in [0.05, 0.1) is 17.1 Å². The number of thiazole rings is 1. The van der Waals surface area contributed by atoms with Gasteiger partial charge in [0.1, 0.15) is 5.01 Å². The average molecular weight is 392 g/mol. The molecule has 9 heteroatoms. The van der Waals surface area contributed by atoms with Crippen LogP contribution in [0, 0.1) is 0 Å². The fourth-order valence-electron chi connectivity index (χ4n) is 2.04. The van der Waals surface area contributed by atoms with Crippen LogP contribution < -0.4 is 10.2 Å². The van der Waals surface area contributed by atoms with Gasteiger partial charge in [0.25, 0.3) is 0 Å². The number of pyridine rings is 1. The number of alkyl halides is 3. The number of benzene rings is 1. The Morgan fingerprint density at radius 2 is 1.96 bits per heavy atom. The molecule has 0 unspecified atom stereocenters. The number of hydrogen-bond acceptors (Lipinski definition) is 6. The summed E-state index contributed by atoms with van der Waals surface area (Å²) in [5, 5.41) is 6.85. The molecule has 0 fully saturated rings. The summed E-state index contributed by atoms with van der Waals surface area (Å²) in [7, 11) is 0. The van der Waals surface area contributed by atoms with E-state index in [0.717, 1.165) is 5.69 Å². The molecule has 3 rings (SSSR count). The van der Waals surface area contributed by atoms with Crippen LogP contribution in [0.3, 0.4) is 0 Å². The minimum Gasteiger partial charge on any atom is -0.468 e. The van der Waals surface area contributed by atoms with Crippen LogP contribution in [0.25, 0.3) is 10.6 Å². The summed E-state index contributed by atoms with van der Waals surface area (Å²) in [6.45, 7) is 0.464. The zero-order chi connectivity index (χ0) is 19.3. The summed E-state index contributed by atoms with van der Waals surface area (Å²) < 4.78 is 41.1. The summed E-state index contributed by atoms with van der Waals surface area (Å²) in [6.07, 6.45) is -2.96. The highest BCUT2D eigenvalue weighted by atomic mass is 32.1. The number of rotatable bonds is 6. The minimum atomic E-state index is -4.39. The fraction of sp³-hybridized carbons (Fsp3) is 0.167. The molecule has 2 heterocycles. The molecule has 3 aromatic rings. The largest absolute Gasteiger partial charge is 0.468 e. The van der Waals surface area contributed by atoms with E-state index in [9.17, 15) is 13.2 Å². The van der Waals surface area contributed by atoms with Crippen LogP contribution in [0.4, 0.5) is 18.9 Å². The van der Waals surface area contributed by atoms with Crippen molar-refractivity contribution in [3.63, 3.8) is 0 Å². The van der Waals surface area contributed by atoms with Crippen molar-refractivity contribution in [2.45, 2.75) is 13.1 Å². The molecule has 0 spiro atoms. The number of halogens is 3. The Labute approximate surface area is 157 Å². The van der Waals surface area contributed by atoms with Gasteiger partial charge in [-0.1, -0.05) is 18.2 Å². The molecule has 0 saturated carbocycles. The molecule has 1 N–H and O–H groups in total. The van der Waals surface area contributed by atoms with E-state index >= 15 is 0 Å². The highest BCUT2D eigenvalue weighted by molar-refractivity contribution is 7.13. The number of hydrazone groups is 1. The number of nitrogens with zero attached hydrogens (tertiary/aromatic N) is 3. The summed E-state index contributed by atoms with van der Waals surface area (Å²) in [6, 6.07) is 12.5. The number of para-hydroxylation sites is 1. The van der Waals surface area contributed by atoms with Crippen LogP contribution in [0.5, 0.6) is 5.88 Å². The van der Waals surface area contributed by atoms with Gasteiger partial charge in [-0.15, -0.1) is 11.3 Å². The lowest BCUT2D eigenvalue weighted by molar-refractivity contribution is -0.154. The molecule has 0 aliphatic carbocycles. The molecule has 5 nitrogen and oxygen atoms in total. The molecule has 1 aromatic carbocycles. The first kappa shape index (κ1) is 18.8. The highest BCUT2D eigenvalue weighted by Crippen LogP contribution is 2.25. The first-order chi connectivity index (χ1) is 12.9. The van der Waals surface area contributed by atoms with Gasteiger partial charge in [-0.05, 0) is 25.1 Å². The molecule has 140 valence electrons. The van der Waals surface area contributed by atoms with Crippen molar-refractivity contribution in [1.29, 1.82) is 0 Å². The normalized spacial score (nSPS) is 12.1. The Balaban J connectivity index is 1.66. The average Bonchev–Trinajstić information content (AvgIpc) is 3.15. The standard InChI is InChI=1S/C18H15F3N4OS/c1-12(24-25-14-5-3-2-4-6-14)15-10-27-17(23-15)13-7-8-16(22-9-13)26-11-18(19,20)21/h2-10,25H,11H2,1H3/b24-12+. The first-order valence-corrected chi connectivity index (χ1v) is 8.76. The molecule has 2 aromatic heterocycles. The lowest BCUT2D eigenvalue weighted by Gasteiger charge is -2.08. The van der Waals surface area contributed by atoms with Gasteiger partial charge in [-0.25, -0.2) is 9.97 Å². The van der Waals surface area contributed by atoms with E-state index in [2.05, 4.69) is 25.2 Å².